The molecule has 14 heavy (non-hydrogen) atoms. The van der Waals surface area contributed by atoms with Gasteiger partial charge in [-0.25, -0.2) is 4.79 Å². The molecule has 0 saturated heterocycles. The third-order valence-corrected chi connectivity index (χ3v) is 2.74. The van der Waals surface area contributed by atoms with Crippen LogP contribution in [0, 0.1) is 18.3 Å². The lowest BCUT2D eigenvalue weighted by Crippen LogP contribution is -2.28. The normalized spacial score (nSPS) is 27.4. The zero-order valence-electron chi connectivity index (χ0n) is 8.37. The largest absolute Gasteiger partial charge is 0.446 e. The van der Waals surface area contributed by atoms with E-state index in [9.17, 15) is 4.79 Å². The van der Waals surface area contributed by atoms with Crippen molar-refractivity contribution in [1.29, 1.82) is 0 Å². The number of hydrogen-bond donors (Lipinski definition) is 1. The molecule has 78 valence electrons. The molecule has 3 heteroatoms. The van der Waals surface area contributed by atoms with Gasteiger partial charge in [-0.1, -0.05) is 12.8 Å². The summed E-state index contributed by atoms with van der Waals surface area (Å²) in [6, 6.07) is 0. The molecule has 0 aromatic rings. The van der Waals surface area contributed by atoms with Crippen molar-refractivity contribution in [1.82, 2.24) is 0 Å². The lowest BCUT2D eigenvalue weighted by molar-refractivity contribution is 0.0651. The average molecular weight is 195 g/mol. The number of rotatable bonds is 2. The first kappa shape index (κ1) is 10.9. The Morgan fingerprint density at radius 2 is 2.14 bits per heavy atom. The summed E-state index contributed by atoms with van der Waals surface area (Å²) in [7, 11) is 0. The van der Waals surface area contributed by atoms with Gasteiger partial charge in [-0.15, -0.1) is 12.3 Å². The molecule has 0 radical (unpaired) electrons. The molecule has 1 amide bonds. The van der Waals surface area contributed by atoms with E-state index in [4.69, 9.17) is 16.9 Å². The number of ether oxygens (including phenoxy) is 1. The molecule has 2 atom stereocenters. The van der Waals surface area contributed by atoms with Gasteiger partial charge >= 0.3 is 6.09 Å². The maximum atomic E-state index is 10.7. The molecule has 1 aliphatic carbocycles. The highest BCUT2D eigenvalue weighted by Crippen LogP contribution is 2.27. The highest BCUT2D eigenvalue weighted by atomic mass is 16.6. The standard InChI is InChI=1S/C11H17NO2/c1-2-6-9-7-4-3-5-8-10(9)14-11(12)13/h1,9-10H,3-8H2,(H2,12,13). The fraction of sp³-hybridized carbons (Fsp3) is 0.727. The quantitative estimate of drug-likeness (QED) is 0.541. The number of carbonyl (C=O) groups is 1. The van der Waals surface area contributed by atoms with Crippen LogP contribution in [0.4, 0.5) is 4.79 Å². The minimum Gasteiger partial charge on any atom is -0.446 e. The lowest BCUT2D eigenvalue weighted by atomic mass is 9.94. The van der Waals surface area contributed by atoms with Crippen molar-refractivity contribution in [2.45, 2.75) is 44.6 Å². The number of hydrogen-bond acceptors (Lipinski definition) is 2. The Balaban J connectivity index is 2.54. The van der Waals surface area contributed by atoms with E-state index in [1.807, 2.05) is 0 Å². The molecule has 2 N–H and O–H groups in total. The smallest absolute Gasteiger partial charge is 0.404 e. The summed E-state index contributed by atoms with van der Waals surface area (Å²) in [5.74, 6) is 2.94. The number of carbonyl (C=O) groups excluding carboxylic acids is 1. The van der Waals surface area contributed by atoms with Crippen LogP contribution in [0.25, 0.3) is 0 Å². The molecule has 1 saturated carbocycles. The average Bonchev–Trinajstić information content (AvgIpc) is 2.32. The second-order valence-corrected chi connectivity index (χ2v) is 3.78. The van der Waals surface area contributed by atoms with Crippen molar-refractivity contribution in [3.63, 3.8) is 0 Å². The second kappa shape index (κ2) is 5.54. The van der Waals surface area contributed by atoms with E-state index in [2.05, 4.69) is 5.92 Å². The third-order valence-electron chi connectivity index (χ3n) is 2.74. The van der Waals surface area contributed by atoms with Crippen LogP contribution < -0.4 is 5.73 Å². The van der Waals surface area contributed by atoms with Gasteiger partial charge in [0, 0.05) is 12.3 Å². The molecule has 0 bridgehead atoms. The summed E-state index contributed by atoms with van der Waals surface area (Å²) >= 11 is 0. The molecule has 1 rings (SSSR count). The van der Waals surface area contributed by atoms with Crippen molar-refractivity contribution < 1.29 is 9.53 Å². The molecule has 0 spiro atoms. The first-order chi connectivity index (χ1) is 6.74. The van der Waals surface area contributed by atoms with E-state index < -0.39 is 6.09 Å². The van der Waals surface area contributed by atoms with E-state index in [1.54, 1.807) is 0 Å². The van der Waals surface area contributed by atoms with E-state index in [-0.39, 0.29) is 6.10 Å². The molecule has 1 aliphatic rings. The van der Waals surface area contributed by atoms with Crippen LogP contribution in [0.1, 0.15) is 38.5 Å². The first-order valence-corrected chi connectivity index (χ1v) is 5.13. The predicted molar refractivity (Wildman–Crippen MR) is 54.5 cm³/mol. The third kappa shape index (κ3) is 3.29. The van der Waals surface area contributed by atoms with Crippen molar-refractivity contribution in [2.75, 3.05) is 0 Å². The van der Waals surface area contributed by atoms with E-state index in [1.165, 1.54) is 12.8 Å². The van der Waals surface area contributed by atoms with Crippen molar-refractivity contribution in [2.24, 2.45) is 11.7 Å². The predicted octanol–water partition coefficient (Wildman–Crippen LogP) is 2.05. The molecular weight excluding hydrogens is 178 g/mol. The summed E-state index contributed by atoms with van der Waals surface area (Å²) < 4.78 is 5.08. The summed E-state index contributed by atoms with van der Waals surface area (Å²) in [5.41, 5.74) is 5.02. The SMILES string of the molecule is C#CCC1CCCCCC1OC(N)=O. The molecule has 0 heterocycles. The Hall–Kier alpha value is -1.17. The second-order valence-electron chi connectivity index (χ2n) is 3.78. The summed E-state index contributed by atoms with van der Waals surface area (Å²) in [5, 5.41) is 0. The summed E-state index contributed by atoms with van der Waals surface area (Å²) in [4.78, 5) is 10.7. The minimum atomic E-state index is -0.682. The van der Waals surface area contributed by atoms with E-state index in [0.717, 1.165) is 19.3 Å². The zero-order valence-corrected chi connectivity index (χ0v) is 8.37. The number of primary amides is 1. The Kier molecular flexibility index (Phi) is 4.31. The number of nitrogens with two attached hydrogens (primary N) is 1. The van der Waals surface area contributed by atoms with Crippen molar-refractivity contribution >= 4 is 6.09 Å². The molecule has 3 nitrogen and oxygen atoms in total. The molecule has 2 unspecified atom stereocenters. The Morgan fingerprint density at radius 3 is 2.79 bits per heavy atom. The summed E-state index contributed by atoms with van der Waals surface area (Å²) in [6.45, 7) is 0. The number of amides is 1. The van der Waals surface area contributed by atoms with Crippen molar-refractivity contribution in [3.05, 3.63) is 0 Å². The Bertz CT molecular complexity index is 232. The van der Waals surface area contributed by atoms with Gasteiger partial charge in [0.05, 0.1) is 0 Å². The van der Waals surface area contributed by atoms with Gasteiger partial charge in [-0.3, -0.25) is 0 Å². The molecule has 0 aliphatic heterocycles. The fourth-order valence-corrected chi connectivity index (χ4v) is 2.04. The van der Waals surface area contributed by atoms with Crippen LogP contribution in [0.5, 0.6) is 0 Å². The fourth-order valence-electron chi connectivity index (χ4n) is 2.04. The topological polar surface area (TPSA) is 52.3 Å². The van der Waals surface area contributed by atoms with Gasteiger partial charge in [-0.05, 0) is 19.3 Å². The minimum absolute atomic E-state index is 0.0638. The van der Waals surface area contributed by atoms with Crippen LogP contribution in [0.3, 0.4) is 0 Å². The highest BCUT2D eigenvalue weighted by molar-refractivity contribution is 5.64. The lowest BCUT2D eigenvalue weighted by Gasteiger charge is -2.22. The van der Waals surface area contributed by atoms with Crippen LogP contribution in [0.15, 0.2) is 0 Å². The Morgan fingerprint density at radius 1 is 1.43 bits per heavy atom. The van der Waals surface area contributed by atoms with Gasteiger partial charge in [-0.2, -0.15) is 0 Å². The zero-order chi connectivity index (χ0) is 10.4. The molecule has 0 aromatic heterocycles. The van der Waals surface area contributed by atoms with E-state index >= 15 is 0 Å². The molecule has 0 aromatic carbocycles. The van der Waals surface area contributed by atoms with Gasteiger partial charge in [0.2, 0.25) is 0 Å². The van der Waals surface area contributed by atoms with Crippen LogP contribution in [-0.2, 0) is 4.74 Å². The van der Waals surface area contributed by atoms with Gasteiger partial charge in [0.25, 0.3) is 0 Å². The van der Waals surface area contributed by atoms with Crippen LogP contribution >= 0.6 is 0 Å². The highest BCUT2D eigenvalue weighted by Gasteiger charge is 2.25. The molecule has 1 fully saturated rings. The summed E-state index contributed by atoms with van der Waals surface area (Å²) in [6.07, 6.45) is 10.6. The Labute approximate surface area is 85.0 Å². The van der Waals surface area contributed by atoms with Gasteiger partial charge in [0.1, 0.15) is 6.10 Å². The van der Waals surface area contributed by atoms with Crippen LogP contribution in [-0.4, -0.2) is 12.2 Å². The molecular formula is C11H17NO2. The van der Waals surface area contributed by atoms with Gasteiger partial charge < -0.3 is 10.5 Å². The van der Waals surface area contributed by atoms with Crippen LogP contribution in [0.2, 0.25) is 0 Å². The maximum Gasteiger partial charge on any atom is 0.404 e. The first-order valence-electron chi connectivity index (χ1n) is 5.13. The van der Waals surface area contributed by atoms with Crippen molar-refractivity contribution in [3.8, 4) is 12.3 Å². The van der Waals surface area contributed by atoms with Gasteiger partial charge in [0.15, 0.2) is 0 Å². The number of terminal acetylenes is 1. The monoisotopic (exact) mass is 195 g/mol. The van der Waals surface area contributed by atoms with E-state index in [0.29, 0.717) is 12.3 Å². The maximum absolute atomic E-state index is 10.7.